The number of nitrogens with zero attached hydrogens (tertiary/aromatic N) is 3. The number of halogens is 2. The number of anilines is 1. The molecular weight excluding hydrogens is 467 g/mol. The zero-order valence-corrected chi connectivity index (χ0v) is 18.5. The van der Waals surface area contributed by atoms with E-state index in [9.17, 15) is 4.79 Å². The molecule has 0 aromatic carbocycles. The van der Waals surface area contributed by atoms with Gasteiger partial charge in [0.1, 0.15) is 5.82 Å². The van der Waals surface area contributed by atoms with Crippen molar-refractivity contribution in [2.24, 2.45) is 4.99 Å². The molecule has 9 heteroatoms. The Morgan fingerprint density at radius 3 is 2.92 bits per heavy atom. The normalized spacial score (nSPS) is 17.0. The minimum atomic E-state index is 0. The Morgan fingerprint density at radius 2 is 2.27 bits per heavy atom. The first-order valence-corrected chi connectivity index (χ1v) is 8.99. The first-order chi connectivity index (χ1) is 12.0. The van der Waals surface area contributed by atoms with Gasteiger partial charge in [0.05, 0.1) is 5.02 Å². The molecule has 0 bridgehead atoms. The van der Waals surface area contributed by atoms with E-state index in [-0.39, 0.29) is 42.0 Å². The maximum Gasteiger partial charge on any atom is 0.221 e. The molecule has 2 rings (SSSR count). The highest BCUT2D eigenvalue weighted by Crippen LogP contribution is 2.25. The van der Waals surface area contributed by atoms with Crippen LogP contribution in [0.3, 0.4) is 0 Å². The van der Waals surface area contributed by atoms with Gasteiger partial charge in [0.2, 0.25) is 5.91 Å². The smallest absolute Gasteiger partial charge is 0.221 e. The van der Waals surface area contributed by atoms with Crippen LogP contribution in [-0.2, 0) is 4.79 Å². The van der Waals surface area contributed by atoms with E-state index in [0.29, 0.717) is 23.9 Å². The van der Waals surface area contributed by atoms with Crippen molar-refractivity contribution in [3.05, 3.63) is 23.4 Å². The van der Waals surface area contributed by atoms with Crippen LogP contribution in [0.25, 0.3) is 0 Å². The van der Waals surface area contributed by atoms with Gasteiger partial charge in [-0.3, -0.25) is 9.79 Å². The Kier molecular flexibility index (Phi) is 10.0. The number of rotatable bonds is 6. The molecule has 1 fully saturated rings. The van der Waals surface area contributed by atoms with Crippen LogP contribution in [-0.4, -0.2) is 55.6 Å². The van der Waals surface area contributed by atoms with Crippen molar-refractivity contribution in [1.29, 1.82) is 0 Å². The van der Waals surface area contributed by atoms with Crippen molar-refractivity contribution < 1.29 is 4.79 Å². The van der Waals surface area contributed by atoms with Crippen molar-refractivity contribution in [1.82, 2.24) is 20.9 Å². The summed E-state index contributed by atoms with van der Waals surface area (Å²) >= 11 is 6.22. The third-order valence-electron chi connectivity index (χ3n) is 3.89. The number of pyridine rings is 1. The number of aliphatic imine (C=N–C) groups is 1. The summed E-state index contributed by atoms with van der Waals surface area (Å²) in [6.07, 6.45) is 3.14. The van der Waals surface area contributed by atoms with Gasteiger partial charge in [-0.1, -0.05) is 11.6 Å². The highest BCUT2D eigenvalue weighted by molar-refractivity contribution is 14.0. The largest absolute Gasteiger partial charge is 0.356 e. The summed E-state index contributed by atoms with van der Waals surface area (Å²) in [5.74, 6) is 1.56. The Bertz CT molecular complexity index is 613. The monoisotopic (exact) mass is 494 g/mol. The van der Waals surface area contributed by atoms with Gasteiger partial charge in [0.25, 0.3) is 0 Å². The zero-order valence-electron chi connectivity index (χ0n) is 15.5. The lowest BCUT2D eigenvalue weighted by Crippen LogP contribution is -2.45. The third-order valence-corrected chi connectivity index (χ3v) is 4.18. The molecule has 1 unspecified atom stereocenters. The van der Waals surface area contributed by atoms with Crippen LogP contribution in [0.4, 0.5) is 5.82 Å². The molecule has 0 radical (unpaired) electrons. The zero-order chi connectivity index (χ0) is 18.2. The predicted molar refractivity (Wildman–Crippen MR) is 118 cm³/mol. The van der Waals surface area contributed by atoms with Gasteiger partial charge in [0.15, 0.2) is 5.96 Å². The van der Waals surface area contributed by atoms with Crippen molar-refractivity contribution in [2.75, 3.05) is 31.6 Å². The molecule has 146 valence electrons. The summed E-state index contributed by atoms with van der Waals surface area (Å²) in [5.41, 5.74) is 0. The van der Waals surface area contributed by atoms with Gasteiger partial charge in [0, 0.05) is 51.4 Å². The highest BCUT2D eigenvalue weighted by Gasteiger charge is 2.25. The first-order valence-electron chi connectivity index (χ1n) is 8.61. The Labute approximate surface area is 177 Å². The van der Waals surface area contributed by atoms with Crippen molar-refractivity contribution in [3.8, 4) is 0 Å². The maximum absolute atomic E-state index is 11.7. The lowest BCUT2D eigenvalue weighted by Gasteiger charge is -2.20. The van der Waals surface area contributed by atoms with Crippen LogP contribution in [0.15, 0.2) is 23.3 Å². The lowest BCUT2D eigenvalue weighted by molar-refractivity contribution is -0.121. The van der Waals surface area contributed by atoms with Crippen LogP contribution in [0.5, 0.6) is 0 Å². The second-order valence-electron chi connectivity index (χ2n) is 6.36. The number of nitrogens with one attached hydrogen (secondary N) is 3. The average molecular weight is 495 g/mol. The summed E-state index contributed by atoms with van der Waals surface area (Å²) < 4.78 is 0. The molecule has 2 heterocycles. The number of hydrogen-bond donors (Lipinski definition) is 3. The van der Waals surface area contributed by atoms with Crippen molar-refractivity contribution in [2.45, 2.75) is 38.8 Å². The summed E-state index contributed by atoms with van der Waals surface area (Å²) in [4.78, 5) is 22.4. The molecule has 1 saturated heterocycles. The fourth-order valence-corrected chi connectivity index (χ4v) is 3.00. The van der Waals surface area contributed by atoms with E-state index < -0.39 is 0 Å². The van der Waals surface area contributed by atoms with Gasteiger partial charge in [-0.05, 0) is 32.4 Å². The van der Waals surface area contributed by atoms with Crippen LogP contribution in [0.1, 0.15) is 26.7 Å². The fourth-order valence-electron chi connectivity index (χ4n) is 2.76. The van der Waals surface area contributed by atoms with Crippen LogP contribution in [0, 0.1) is 0 Å². The molecule has 1 amide bonds. The van der Waals surface area contributed by atoms with Crippen LogP contribution in [0.2, 0.25) is 5.02 Å². The Morgan fingerprint density at radius 1 is 1.50 bits per heavy atom. The van der Waals surface area contributed by atoms with Gasteiger partial charge in [-0.15, -0.1) is 24.0 Å². The SMILES string of the molecule is CN=C(NCCC(=O)NC(C)C)NC1CCN(c2ncccc2Cl)C1.I. The molecule has 1 atom stereocenters. The van der Waals surface area contributed by atoms with Crippen molar-refractivity contribution >= 4 is 53.3 Å². The number of guanidine groups is 1. The molecule has 3 N–H and O–H groups in total. The molecule has 0 aliphatic carbocycles. The lowest BCUT2D eigenvalue weighted by atomic mass is 10.3. The summed E-state index contributed by atoms with van der Waals surface area (Å²) in [5, 5.41) is 10.1. The van der Waals surface area contributed by atoms with Gasteiger partial charge in [-0.2, -0.15) is 0 Å². The highest BCUT2D eigenvalue weighted by atomic mass is 127. The number of carbonyl (C=O) groups is 1. The van der Waals surface area contributed by atoms with E-state index in [0.717, 1.165) is 25.3 Å². The minimum absolute atomic E-state index is 0. The topological polar surface area (TPSA) is 81.6 Å². The molecule has 1 aliphatic heterocycles. The summed E-state index contributed by atoms with van der Waals surface area (Å²) in [6.45, 7) is 6.14. The first kappa shape index (κ1) is 22.8. The van der Waals surface area contributed by atoms with E-state index in [1.165, 1.54) is 0 Å². The maximum atomic E-state index is 11.7. The standard InChI is InChI=1S/C17H27ClN6O.HI/c1-12(2)22-15(25)6-9-21-17(19-3)23-13-7-10-24(11-13)16-14(18)5-4-8-20-16;/h4-5,8,12-13H,6-7,9-11H2,1-3H3,(H,22,25)(H2,19,21,23);1H. The number of carbonyl (C=O) groups excluding carboxylic acids is 1. The van der Waals surface area contributed by atoms with E-state index in [2.05, 4.69) is 30.8 Å². The fraction of sp³-hybridized carbons (Fsp3) is 0.588. The third kappa shape index (κ3) is 7.14. The Balaban J connectivity index is 0.00000338. The van der Waals surface area contributed by atoms with E-state index in [1.54, 1.807) is 13.2 Å². The summed E-state index contributed by atoms with van der Waals surface area (Å²) in [7, 11) is 1.73. The second-order valence-corrected chi connectivity index (χ2v) is 6.76. The summed E-state index contributed by atoms with van der Waals surface area (Å²) in [6, 6.07) is 4.10. The molecule has 0 spiro atoms. The molecular formula is C17H28ClIN6O. The second kappa shape index (κ2) is 11.4. The quantitative estimate of drug-likeness (QED) is 0.320. The molecule has 1 aromatic rings. The molecule has 26 heavy (non-hydrogen) atoms. The number of aromatic nitrogens is 1. The van der Waals surface area contributed by atoms with E-state index >= 15 is 0 Å². The Hall–Kier alpha value is -1.29. The van der Waals surface area contributed by atoms with Crippen LogP contribution >= 0.6 is 35.6 Å². The van der Waals surface area contributed by atoms with E-state index in [1.807, 2.05) is 26.0 Å². The van der Waals surface area contributed by atoms with Crippen molar-refractivity contribution in [3.63, 3.8) is 0 Å². The molecule has 7 nitrogen and oxygen atoms in total. The number of hydrogen-bond acceptors (Lipinski definition) is 4. The van der Waals surface area contributed by atoms with Gasteiger partial charge in [-0.25, -0.2) is 4.98 Å². The van der Waals surface area contributed by atoms with Gasteiger partial charge >= 0.3 is 0 Å². The van der Waals surface area contributed by atoms with Crippen LogP contribution < -0.4 is 20.9 Å². The molecule has 1 aliphatic rings. The molecule has 0 saturated carbocycles. The minimum Gasteiger partial charge on any atom is -0.356 e. The average Bonchev–Trinajstić information content (AvgIpc) is 3.02. The molecule has 1 aromatic heterocycles. The van der Waals surface area contributed by atoms with Gasteiger partial charge < -0.3 is 20.9 Å². The predicted octanol–water partition coefficient (Wildman–Crippen LogP) is 2.01. The van der Waals surface area contributed by atoms with E-state index in [4.69, 9.17) is 11.6 Å². The number of amides is 1.